The highest BCUT2D eigenvalue weighted by Crippen LogP contribution is 2.12. The van der Waals surface area contributed by atoms with Crippen LogP contribution in [0.2, 0.25) is 0 Å². The van der Waals surface area contributed by atoms with Crippen molar-refractivity contribution in [2.75, 3.05) is 5.75 Å². The number of unbranched alkanes of at least 4 members (excludes halogenated alkanes) is 1. The minimum absolute atomic E-state index is 1.17. The SMILES string of the molecule is CCCCSCc1ccccc1. The third-order valence-electron chi connectivity index (χ3n) is 1.75. The van der Waals surface area contributed by atoms with Crippen molar-refractivity contribution in [3.05, 3.63) is 35.9 Å². The molecule has 66 valence electrons. The molecule has 1 rings (SSSR count). The van der Waals surface area contributed by atoms with E-state index >= 15 is 0 Å². The van der Waals surface area contributed by atoms with Crippen molar-refractivity contribution in [3.63, 3.8) is 0 Å². The van der Waals surface area contributed by atoms with Crippen molar-refractivity contribution in [1.82, 2.24) is 0 Å². The van der Waals surface area contributed by atoms with Gasteiger partial charge in [-0.3, -0.25) is 0 Å². The molecule has 12 heavy (non-hydrogen) atoms. The second-order valence-electron chi connectivity index (χ2n) is 2.89. The minimum Gasteiger partial charge on any atom is -0.157 e. The van der Waals surface area contributed by atoms with E-state index in [2.05, 4.69) is 37.3 Å². The Kier molecular flexibility index (Phi) is 4.93. The lowest BCUT2D eigenvalue weighted by Gasteiger charge is -1.99. The molecule has 1 aromatic rings. The lowest BCUT2D eigenvalue weighted by Crippen LogP contribution is -1.81. The molecule has 0 spiro atoms. The summed E-state index contributed by atoms with van der Waals surface area (Å²) in [5, 5.41) is 0. The van der Waals surface area contributed by atoms with E-state index in [1.165, 1.54) is 29.9 Å². The quantitative estimate of drug-likeness (QED) is 0.622. The second-order valence-corrected chi connectivity index (χ2v) is 4.00. The molecular weight excluding hydrogens is 164 g/mol. The molecule has 0 radical (unpaired) electrons. The fourth-order valence-electron chi connectivity index (χ4n) is 1.01. The lowest BCUT2D eigenvalue weighted by molar-refractivity contribution is 0.896. The van der Waals surface area contributed by atoms with Gasteiger partial charge in [0.25, 0.3) is 0 Å². The Morgan fingerprint density at radius 2 is 1.92 bits per heavy atom. The number of hydrogen-bond acceptors (Lipinski definition) is 1. The van der Waals surface area contributed by atoms with Crippen LogP contribution in [0, 0.1) is 0 Å². The Hall–Kier alpha value is -0.430. The van der Waals surface area contributed by atoms with Crippen molar-refractivity contribution in [2.24, 2.45) is 0 Å². The van der Waals surface area contributed by atoms with Crippen molar-refractivity contribution >= 4 is 11.8 Å². The summed E-state index contributed by atoms with van der Waals surface area (Å²) in [6, 6.07) is 10.7. The summed E-state index contributed by atoms with van der Waals surface area (Å²) in [6.45, 7) is 2.24. The molecule has 0 bridgehead atoms. The largest absolute Gasteiger partial charge is 0.157 e. The Morgan fingerprint density at radius 3 is 2.58 bits per heavy atom. The molecule has 0 fully saturated rings. The smallest absolute Gasteiger partial charge is 0.0184 e. The molecule has 0 saturated carbocycles. The van der Waals surface area contributed by atoms with E-state index in [4.69, 9.17) is 0 Å². The summed E-state index contributed by atoms with van der Waals surface area (Å²) >= 11 is 2.03. The first kappa shape index (κ1) is 9.66. The van der Waals surface area contributed by atoms with E-state index in [1.54, 1.807) is 0 Å². The predicted octanol–water partition coefficient (Wildman–Crippen LogP) is 3.72. The summed E-state index contributed by atoms with van der Waals surface area (Å²) in [5.74, 6) is 2.46. The number of benzene rings is 1. The highest BCUT2D eigenvalue weighted by molar-refractivity contribution is 7.98. The van der Waals surface area contributed by atoms with Crippen LogP contribution >= 0.6 is 11.8 Å². The van der Waals surface area contributed by atoms with Gasteiger partial charge in [0.15, 0.2) is 0 Å². The van der Waals surface area contributed by atoms with Gasteiger partial charge < -0.3 is 0 Å². The van der Waals surface area contributed by atoms with Gasteiger partial charge in [0, 0.05) is 5.75 Å². The van der Waals surface area contributed by atoms with Crippen LogP contribution in [-0.4, -0.2) is 5.75 Å². The third kappa shape index (κ3) is 3.82. The molecule has 0 nitrogen and oxygen atoms in total. The van der Waals surface area contributed by atoms with Crippen LogP contribution in [0.5, 0.6) is 0 Å². The summed E-state index contributed by atoms with van der Waals surface area (Å²) in [5.41, 5.74) is 1.44. The zero-order valence-corrected chi connectivity index (χ0v) is 8.44. The first-order chi connectivity index (χ1) is 5.93. The summed E-state index contributed by atoms with van der Waals surface area (Å²) in [4.78, 5) is 0. The molecule has 1 aromatic carbocycles. The lowest BCUT2D eigenvalue weighted by atomic mass is 10.2. The molecule has 1 heteroatoms. The van der Waals surface area contributed by atoms with Gasteiger partial charge >= 0.3 is 0 Å². The van der Waals surface area contributed by atoms with Crippen molar-refractivity contribution in [2.45, 2.75) is 25.5 Å². The molecule has 0 atom stereocenters. The Labute approximate surface area is 79.4 Å². The Bertz CT molecular complexity index is 193. The van der Waals surface area contributed by atoms with Gasteiger partial charge in [-0.15, -0.1) is 0 Å². The van der Waals surface area contributed by atoms with E-state index in [1.807, 2.05) is 11.8 Å². The van der Waals surface area contributed by atoms with Crippen molar-refractivity contribution in [3.8, 4) is 0 Å². The van der Waals surface area contributed by atoms with Crippen molar-refractivity contribution in [1.29, 1.82) is 0 Å². The van der Waals surface area contributed by atoms with Gasteiger partial charge in [-0.05, 0) is 17.7 Å². The fourth-order valence-corrected chi connectivity index (χ4v) is 2.08. The van der Waals surface area contributed by atoms with Crippen LogP contribution < -0.4 is 0 Å². The van der Waals surface area contributed by atoms with E-state index in [0.29, 0.717) is 0 Å². The number of rotatable bonds is 5. The molecule has 0 saturated heterocycles. The van der Waals surface area contributed by atoms with Gasteiger partial charge in [0.1, 0.15) is 0 Å². The Morgan fingerprint density at radius 1 is 1.17 bits per heavy atom. The topological polar surface area (TPSA) is 0 Å². The zero-order chi connectivity index (χ0) is 8.65. The third-order valence-corrected chi connectivity index (χ3v) is 2.87. The Balaban J connectivity index is 2.16. The molecule has 0 aliphatic carbocycles. The molecule has 0 unspecified atom stereocenters. The van der Waals surface area contributed by atoms with Crippen LogP contribution in [0.3, 0.4) is 0 Å². The van der Waals surface area contributed by atoms with E-state index < -0.39 is 0 Å². The molecule has 0 heterocycles. The van der Waals surface area contributed by atoms with E-state index in [-0.39, 0.29) is 0 Å². The normalized spacial score (nSPS) is 10.1. The zero-order valence-electron chi connectivity index (χ0n) is 7.62. The average Bonchev–Trinajstić information content (AvgIpc) is 2.14. The number of hydrogen-bond donors (Lipinski definition) is 0. The summed E-state index contributed by atoms with van der Waals surface area (Å²) in [6.07, 6.45) is 2.65. The highest BCUT2D eigenvalue weighted by atomic mass is 32.2. The minimum atomic E-state index is 1.17. The maximum absolute atomic E-state index is 2.24. The molecule has 0 aromatic heterocycles. The molecular formula is C11H16S. The van der Waals surface area contributed by atoms with Gasteiger partial charge in [0.05, 0.1) is 0 Å². The summed E-state index contributed by atoms with van der Waals surface area (Å²) in [7, 11) is 0. The predicted molar refractivity (Wildman–Crippen MR) is 57.5 cm³/mol. The fraction of sp³-hybridized carbons (Fsp3) is 0.455. The summed E-state index contributed by atoms with van der Waals surface area (Å²) < 4.78 is 0. The van der Waals surface area contributed by atoms with Crippen LogP contribution in [0.25, 0.3) is 0 Å². The molecule has 0 aliphatic rings. The maximum Gasteiger partial charge on any atom is 0.0184 e. The van der Waals surface area contributed by atoms with Crippen LogP contribution in [0.4, 0.5) is 0 Å². The first-order valence-electron chi connectivity index (χ1n) is 4.55. The number of thioether (sulfide) groups is 1. The second kappa shape index (κ2) is 6.13. The van der Waals surface area contributed by atoms with Crippen LogP contribution in [0.15, 0.2) is 30.3 Å². The van der Waals surface area contributed by atoms with Crippen LogP contribution in [-0.2, 0) is 5.75 Å². The van der Waals surface area contributed by atoms with Crippen molar-refractivity contribution < 1.29 is 0 Å². The highest BCUT2D eigenvalue weighted by Gasteiger charge is 1.90. The maximum atomic E-state index is 2.24. The van der Waals surface area contributed by atoms with Gasteiger partial charge in [-0.25, -0.2) is 0 Å². The molecule has 0 amide bonds. The first-order valence-corrected chi connectivity index (χ1v) is 5.70. The molecule has 0 aliphatic heterocycles. The monoisotopic (exact) mass is 180 g/mol. The van der Waals surface area contributed by atoms with Gasteiger partial charge in [0.2, 0.25) is 0 Å². The average molecular weight is 180 g/mol. The van der Waals surface area contributed by atoms with Crippen LogP contribution in [0.1, 0.15) is 25.3 Å². The van der Waals surface area contributed by atoms with Gasteiger partial charge in [-0.2, -0.15) is 11.8 Å². The van der Waals surface area contributed by atoms with E-state index in [0.717, 1.165) is 0 Å². The van der Waals surface area contributed by atoms with E-state index in [9.17, 15) is 0 Å². The molecule has 0 N–H and O–H groups in total. The van der Waals surface area contributed by atoms with Gasteiger partial charge in [-0.1, -0.05) is 43.7 Å². The standard InChI is InChI=1S/C11H16S/c1-2-3-9-12-10-11-7-5-4-6-8-11/h4-8H,2-3,9-10H2,1H3.